The van der Waals surface area contributed by atoms with Gasteiger partial charge in [-0.25, -0.2) is 4.79 Å². The SMILES string of the molecule is CC(C)(C)OC(=O)N1CCN(Cc2[c]ccc(Cl)c2)CC1. The second kappa shape index (κ2) is 6.67. The zero-order valence-electron chi connectivity index (χ0n) is 12.9. The number of hydrogen-bond donors (Lipinski definition) is 0. The molecule has 1 aliphatic heterocycles. The van der Waals surface area contributed by atoms with E-state index in [2.05, 4.69) is 11.0 Å². The van der Waals surface area contributed by atoms with E-state index >= 15 is 0 Å². The molecule has 1 fully saturated rings. The Hall–Kier alpha value is -1.26. The van der Waals surface area contributed by atoms with E-state index in [1.165, 1.54) is 0 Å². The van der Waals surface area contributed by atoms with Crippen molar-refractivity contribution in [2.45, 2.75) is 32.9 Å². The van der Waals surface area contributed by atoms with Crippen molar-refractivity contribution in [1.82, 2.24) is 9.80 Å². The van der Waals surface area contributed by atoms with Crippen molar-refractivity contribution in [3.05, 3.63) is 34.9 Å². The fraction of sp³-hybridized carbons (Fsp3) is 0.562. The Morgan fingerprint density at radius 1 is 1.33 bits per heavy atom. The van der Waals surface area contributed by atoms with Gasteiger partial charge in [-0.05, 0) is 44.5 Å². The van der Waals surface area contributed by atoms with E-state index in [1.807, 2.05) is 39.0 Å². The Morgan fingerprint density at radius 2 is 2.00 bits per heavy atom. The molecule has 0 bridgehead atoms. The highest BCUT2D eigenvalue weighted by molar-refractivity contribution is 6.30. The van der Waals surface area contributed by atoms with E-state index in [0.717, 1.165) is 30.2 Å². The van der Waals surface area contributed by atoms with Gasteiger partial charge in [-0.1, -0.05) is 17.7 Å². The van der Waals surface area contributed by atoms with Crippen molar-refractivity contribution in [3.8, 4) is 0 Å². The molecule has 4 nitrogen and oxygen atoms in total. The minimum absolute atomic E-state index is 0.225. The van der Waals surface area contributed by atoms with Crippen molar-refractivity contribution in [3.63, 3.8) is 0 Å². The van der Waals surface area contributed by atoms with Gasteiger partial charge < -0.3 is 9.64 Å². The van der Waals surface area contributed by atoms with E-state index < -0.39 is 5.60 Å². The average molecular weight is 310 g/mol. The standard InChI is InChI=1S/C16H22ClN2O2/c1-16(2,3)21-15(20)19-9-7-18(8-10-19)12-13-5-4-6-14(17)11-13/h4,6,11H,7-10,12H2,1-3H3. The molecule has 1 heterocycles. The van der Waals surface area contributed by atoms with Crippen molar-refractivity contribution in [2.75, 3.05) is 26.2 Å². The van der Waals surface area contributed by atoms with Crippen molar-refractivity contribution in [2.24, 2.45) is 0 Å². The second-order valence-corrected chi connectivity index (χ2v) is 6.71. The summed E-state index contributed by atoms with van der Waals surface area (Å²) in [5, 5.41) is 0.733. The van der Waals surface area contributed by atoms with Crippen molar-refractivity contribution >= 4 is 17.7 Å². The Balaban J connectivity index is 1.82. The number of hydrogen-bond acceptors (Lipinski definition) is 3. The molecule has 0 atom stereocenters. The summed E-state index contributed by atoms with van der Waals surface area (Å²) < 4.78 is 5.39. The van der Waals surface area contributed by atoms with Crippen molar-refractivity contribution < 1.29 is 9.53 Å². The summed E-state index contributed by atoms with van der Waals surface area (Å²) in [5.41, 5.74) is 0.637. The smallest absolute Gasteiger partial charge is 0.410 e. The molecule has 1 radical (unpaired) electrons. The minimum Gasteiger partial charge on any atom is -0.444 e. The van der Waals surface area contributed by atoms with Crippen LogP contribution in [0.5, 0.6) is 0 Å². The van der Waals surface area contributed by atoms with Crippen LogP contribution in [0.2, 0.25) is 5.02 Å². The number of carbonyl (C=O) groups excluding carboxylic acids is 1. The number of benzene rings is 1. The molecule has 1 saturated heterocycles. The lowest BCUT2D eigenvalue weighted by Gasteiger charge is -2.35. The summed E-state index contributed by atoms with van der Waals surface area (Å²) in [6.45, 7) is 9.51. The number of carbonyl (C=O) groups is 1. The first kappa shape index (κ1) is 16.1. The van der Waals surface area contributed by atoms with Gasteiger partial charge in [-0.3, -0.25) is 4.90 Å². The zero-order valence-corrected chi connectivity index (χ0v) is 13.6. The molecule has 1 aromatic rings. The molecular weight excluding hydrogens is 288 g/mol. The van der Waals surface area contributed by atoms with Crippen LogP contribution in [0, 0.1) is 6.07 Å². The molecule has 1 amide bonds. The van der Waals surface area contributed by atoms with Crippen LogP contribution in [0.25, 0.3) is 0 Å². The number of ether oxygens (including phenoxy) is 1. The van der Waals surface area contributed by atoms with E-state index in [-0.39, 0.29) is 6.09 Å². The highest BCUT2D eigenvalue weighted by atomic mass is 35.5. The molecule has 0 spiro atoms. The number of piperazine rings is 1. The Labute approximate surface area is 131 Å². The monoisotopic (exact) mass is 309 g/mol. The summed E-state index contributed by atoms with van der Waals surface area (Å²) >= 11 is 5.98. The second-order valence-electron chi connectivity index (χ2n) is 6.28. The van der Waals surface area contributed by atoms with Crippen LogP contribution in [0.15, 0.2) is 18.2 Å². The van der Waals surface area contributed by atoms with E-state index in [1.54, 1.807) is 4.90 Å². The molecule has 0 N–H and O–H groups in total. The van der Waals surface area contributed by atoms with Gasteiger partial charge in [0, 0.05) is 37.7 Å². The lowest BCUT2D eigenvalue weighted by molar-refractivity contribution is 0.0139. The molecule has 2 rings (SSSR count). The minimum atomic E-state index is -0.441. The largest absolute Gasteiger partial charge is 0.444 e. The van der Waals surface area contributed by atoms with Crippen LogP contribution in [-0.4, -0.2) is 47.7 Å². The van der Waals surface area contributed by atoms with E-state index in [0.29, 0.717) is 13.1 Å². The lowest BCUT2D eigenvalue weighted by Crippen LogP contribution is -2.49. The molecule has 5 heteroatoms. The normalized spacial score (nSPS) is 16.9. The Bertz CT molecular complexity index is 491. The third-order valence-electron chi connectivity index (χ3n) is 3.24. The first-order chi connectivity index (χ1) is 9.83. The maximum absolute atomic E-state index is 12.0. The molecule has 21 heavy (non-hydrogen) atoms. The molecule has 1 aromatic carbocycles. The van der Waals surface area contributed by atoms with Gasteiger partial charge in [-0.15, -0.1) is 0 Å². The van der Waals surface area contributed by atoms with Crippen LogP contribution in [-0.2, 0) is 11.3 Å². The van der Waals surface area contributed by atoms with Crippen LogP contribution < -0.4 is 0 Å². The summed E-state index contributed by atoms with van der Waals surface area (Å²) in [5.74, 6) is 0. The van der Waals surface area contributed by atoms with E-state index in [4.69, 9.17) is 16.3 Å². The summed E-state index contributed by atoms with van der Waals surface area (Å²) in [6.07, 6.45) is -0.225. The van der Waals surface area contributed by atoms with Gasteiger partial charge in [0.25, 0.3) is 0 Å². The highest BCUT2D eigenvalue weighted by Crippen LogP contribution is 2.15. The maximum atomic E-state index is 12.0. The zero-order chi connectivity index (χ0) is 15.5. The summed E-state index contributed by atoms with van der Waals surface area (Å²) in [6, 6.07) is 8.79. The molecule has 0 unspecified atom stereocenters. The van der Waals surface area contributed by atoms with Gasteiger partial charge in [0.15, 0.2) is 0 Å². The molecule has 0 aliphatic carbocycles. The number of halogens is 1. The Kier molecular flexibility index (Phi) is 5.12. The van der Waals surface area contributed by atoms with Gasteiger partial charge in [-0.2, -0.15) is 0 Å². The summed E-state index contributed by atoms with van der Waals surface area (Å²) in [7, 11) is 0. The third-order valence-corrected chi connectivity index (χ3v) is 3.48. The topological polar surface area (TPSA) is 32.8 Å². The van der Waals surface area contributed by atoms with Gasteiger partial charge in [0.1, 0.15) is 5.60 Å². The van der Waals surface area contributed by atoms with Gasteiger partial charge in [0.05, 0.1) is 0 Å². The first-order valence-electron chi connectivity index (χ1n) is 7.20. The Morgan fingerprint density at radius 3 is 2.57 bits per heavy atom. The fourth-order valence-electron chi connectivity index (χ4n) is 2.23. The van der Waals surface area contributed by atoms with Gasteiger partial charge >= 0.3 is 6.09 Å². The fourth-order valence-corrected chi connectivity index (χ4v) is 2.43. The average Bonchev–Trinajstić information content (AvgIpc) is 2.37. The van der Waals surface area contributed by atoms with Crippen LogP contribution in [0.4, 0.5) is 4.79 Å². The predicted octanol–water partition coefficient (Wildman–Crippen LogP) is 3.19. The summed E-state index contributed by atoms with van der Waals surface area (Å²) in [4.78, 5) is 16.0. The molecule has 0 aromatic heterocycles. The quantitative estimate of drug-likeness (QED) is 0.841. The molecular formula is C16H22ClN2O2. The van der Waals surface area contributed by atoms with Crippen LogP contribution >= 0.6 is 11.6 Å². The van der Waals surface area contributed by atoms with Gasteiger partial charge in [0.2, 0.25) is 0 Å². The first-order valence-corrected chi connectivity index (χ1v) is 7.58. The van der Waals surface area contributed by atoms with Crippen LogP contribution in [0.1, 0.15) is 26.3 Å². The number of amides is 1. The third kappa shape index (κ3) is 5.21. The molecule has 1 aliphatic rings. The molecule has 115 valence electrons. The van der Waals surface area contributed by atoms with Crippen LogP contribution in [0.3, 0.4) is 0 Å². The maximum Gasteiger partial charge on any atom is 0.410 e. The van der Waals surface area contributed by atoms with E-state index in [9.17, 15) is 4.79 Å². The van der Waals surface area contributed by atoms with Crippen molar-refractivity contribution in [1.29, 1.82) is 0 Å². The number of nitrogens with zero attached hydrogens (tertiary/aromatic N) is 2. The molecule has 0 saturated carbocycles. The number of rotatable bonds is 2. The predicted molar refractivity (Wildman–Crippen MR) is 83.4 cm³/mol. The highest BCUT2D eigenvalue weighted by Gasteiger charge is 2.25. The lowest BCUT2D eigenvalue weighted by atomic mass is 10.2.